The van der Waals surface area contributed by atoms with Gasteiger partial charge in [0.15, 0.2) is 6.10 Å². The van der Waals surface area contributed by atoms with Crippen molar-refractivity contribution < 1.29 is 19.1 Å². The van der Waals surface area contributed by atoms with Crippen molar-refractivity contribution in [2.45, 2.75) is 12.5 Å². The second kappa shape index (κ2) is 6.49. The van der Waals surface area contributed by atoms with Crippen molar-refractivity contribution in [3.05, 3.63) is 35.4 Å². The summed E-state index contributed by atoms with van der Waals surface area (Å²) in [6, 6.07) is 7.80. The molecule has 0 bridgehead atoms. The quantitative estimate of drug-likeness (QED) is 0.626. The lowest BCUT2D eigenvalue weighted by Crippen LogP contribution is -2.34. The summed E-state index contributed by atoms with van der Waals surface area (Å²) < 4.78 is 10.3. The van der Waals surface area contributed by atoms with E-state index >= 15 is 0 Å². The summed E-state index contributed by atoms with van der Waals surface area (Å²) in [7, 11) is 1.58. The van der Waals surface area contributed by atoms with Crippen molar-refractivity contribution in [1.29, 1.82) is 0 Å². The van der Waals surface area contributed by atoms with E-state index in [2.05, 4.69) is 5.48 Å². The van der Waals surface area contributed by atoms with Gasteiger partial charge in [-0.1, -0.05) is 24.3 Å². The number of ether oxygens (including phenoxy) is 2. The van der Waals surface area contributed by atoms with Gasteiger partial charge in [-0.15, -0.1) is 0 Å². The number of hydroxylamine groups is 1. The van der Waals surface area contributed by atoms with E-state index in [0.29, 0.717) is 19.8 Å². The lowest BCUT2D eigenvalue weighted by atomic mass is 9.97. The molecule has 2 rings (SSSR count). The van der Waals surface area contributed by atoms with Gasteiger partial charge < -0.3 is 9.47 Å². The molecule has 0 radical (unpaired) electrons. The summed E-state index contributed by atoms with van der Waals surface area (Å²) in [5.74, 6) is -0.279. The lowest BCUT2D eigenvalue weighted by Gasteiger charge is -2.24. The minimum atomic E-state index is -0.586. The molecule has 1 aromatic rings. The van der Waals surface area contributed by atoms with Gasteiger partial charge in [-0.2, -0.15) is 0 Å². The van der Waals surface area contributed by atoms with Crippen molar-refractivity contribution in [2.24, 2.45) is 0 Å². The van der Waals surface area contributed by atoms with Gasteiger partial charge in [-0.05, 0) is 17.5 Å². The number of hydrogen-bond donors (Lipinski definition) is 1. The zero-order valence-corrected chi connectivity index (χ0v) is 10.3. The summed E-state index contributed by atoms with van der Waals surface area (Å²) in [6.07, 6.45) is 0.252. The predicted octanol–water partition coefficient (Wildman–Crippen LogP) is 0.995. The highest BCUT2D eigenvalue weighted by atomic mass is 16.7. The number of carbonyl (C=O) groups excluding carboxylic acids is 1. The minimum Gasteiger partial charge on any atom is -0.382 e. The molecule has 5 nitrogen and oxygen atoms in total. The van der Waals surface area contributed by atoms with Crippen molar-refractivity contribution >= 4 is 5.91 Å². The fourth-order valence-corrected chi connectivity index (χ4v) is 1.91. The van der Waals surface area contributed by atoms with Crippen LogP contribution in [-0.2, 0) is 25.5 Å². The van der Waals surface area contributed by atoms with Gasteiger partial charge in [0.1, 0.15) is 0 Å². The van der Waals surface area contributed by atoms with Gasteiger partial charge in [-0.25, -0.2) is 5.48 Å². The van der Waals surface area contributed by atoms with Crippen LogP contribution >= 0.6 is 0 Å². The molecule has 98 valence electrons. The fourth-order valence-electron chi connectivity index (χ4n) is 1.91. The summed E-state index contributed by atoms with van der Waals surface area (Å²) in [6.45, 7) is 1.30. The smallest absolute Gasteiger partial charge is 0.277 e. The molecule has 5 heteroatoms. The number of methoxy groups -OCH3 is 1. The molecule has 0 aliphatic carbocycles. The molecule has 0 saturated carbocycles. The van der Waals surface area contributed by atoms with Gasteiger partial charge in [0, 0.05) is 7.11 Å². The van der Waals surface area contributed by atoms with Crippen LogP contribution < -0.4 is 5.48 Å². The highest BCUT2D eigenvalue weighted by molar-refractivity contribution is 5.81. The molecule has 1 atom stereocenters. The van der Waals surface area contributed by atoms with Crippen molar-refractivity contribution in [3.63, 3.8) is 0 Å². The monoisotopic (exact) mass is 251 g/mol. The average Bonchev–Trinajstić information content (AvgIpc) is 2.43. The van der Waals surface area contributed by atoms with Crippen LogP contribution in [0.5, 0.6) is 0 Å². The van der Waals surface area contributed by atoms with Crippen LogP contribution in [0, 0.1) is 0 Å². The highest BCUT2D eigenvalue weighted by Crippen LogP contribution is 2.26. The van der Waals surface area contributed by atoms with Crippen LogP contribution in [0.2, 0.25) is 0 Å². The molecule has 1 unspecified atom stereocenters. The second-order valence-corrected chi connectivity index (χ2v) is 4.01. The maximum Gasteiger partial charge on any atom is 0.277 e. The maximum absolute atomic E-state index is 11.9. The zero-order valence-electron chi connectivity index (χ0n) is 10.3. The van der Waals surface area contributed by atoms with E-state index in [0.717, 1.165) is 17.5 Å². The van der Waals surface area contributed by atoms with Gasteiger partial charge in [0.25, 0.3) is 5.91 Å². The summed E-state index contributed by atoms with van der Waals surface area (Å²) >= 11 is 0. The first kappa shape index (κ1) is 13.0. The van der Waals surface area contributed by atoms with Crippen LogP contribution in [0.3, 0.4) is 0 Å². The number of carbonyl (C=O) groups is 1. The van der Waals surface area contributed by atoms with Gasteiger partial charge in [-0.3, -0.25) is 9.63 Å². The first-order chi connectivity index (χ1) is 8.83. The normalized spacial score (nSPS) is 18.2. The fraction of sp³-hybridized carbons (Fsp3) is 0.462. The Labute approximate surface area is 106 Å². The highest BCUT2D eigenvalue weighted by Gasteiger charge is 2.27. The van der Waals surface area contributed by atoms with E-state index in [9.17, 15) is 4.79 Å². The number of benzene rings is 1. The number of fused-ring (bicyclic) bond motifs is 1. The van der Waals surface area contributed by atoms with Gasteiger partial charge >= 0.3 is 0 Å². The molecule has 18 heavy (non-hydrogen) atoms. The van der Waals surface area contributed by atoms with Crippen molar-refractivity contribution in [3.8, 4) is 0 Å². The summed E-state index contributed by atoms with van der Waals surface area (Å²) in [5.41, 5.74) is 4.45. The largest absolute Gasteiger partial charge is 0.382 e. The molecular weight excluding hydrogens is 234 g/mol. The van der Waals surface area contributed by atoms with E-state index < -0.39 is 6.10 Å². The van der Waals surface area contributed by atoms with E-state index in [4.69, 9.17) is 14.3 Å². The Balaban J connectivity index is 1.95. The molecule has 0 fully saturated rings. The SMILES string of the molecule is COCCONC(=O)C1OCCc2ccccc21. The Hall–Kier alpha value is -1.43. The van der Waals surface area contributed by atoms with E-state index in [-0.39, 0.29) is 5.91 Å². The van der Waals surface area contributed by atoms with E-state index in [1.54, 1.807) is 7.11 Å². The lowest BCUT2D eigenvalue weighted by molar-refractivity contribution is -0.148. The van der Waals surface area contributed by atoms with Gasteiger partial charge in [0.2, 0.25) is 0 Å². The summed E-state index contributed by atoms with van der Waals surface area (Å²) in [5, 5.41) is 0. The third-order valence-electron chi connectivity index (χ3n) is 2.79. The molecule has 1 aromatic carbocycles. The molecule has 1 amide bonds. The van der Waals surface area contributed by atoms with Crippen LogP contribution in [-0.4, -0.2) is 32.8 Å². The van der Waals surface area contributed by atoms with Crippen molar-refractivity contribution in [2.75, 3.05) is 26.9 Å². The second-order valence-electron chi connectivity index (χ2n) is 4.01. The number of nitrogens with one attached hydrogen (secondary N) is 1. The van der Waals surface area contributed by atoms with Crippen LogP contribution in [0.4, 0.5) is 0 Å². The van der Waals surface area contributed by atoms with Crippen LogP contribution in [0.15, 0.2) is 24.3 Å². The Bertz CT molecular complexity index is 408. The third kappa shape index (κ3) is 3.07. The molecular formula is C13H17NO4. The average molecular weight is 251 g/mol. The molecule has 0 spiro atoms. The standard InChI is InChI=1S/C13H17NO4/c1-16-8-9-18-14-13(15)12-11-5-3-2-4-10(11)6-7-17-12/h2-5,12H,6-9H2,1H3,(H,14,15). The Morgan fingerprint density at radius 1 is 1.44 bits per heavy atom. The number of hydrogen-bond acceptors (Lipinski definition) is 4. The summed E-state index contributed by atoms with van der Waals surface area (Å²) in [4.78, 5) is 16.9. The minimum absolute atomic E-state index is 0.279. The number of rotatable bonds is 5. The molecule has 1 aliphatic rings. The molecule has 0 aromatic heterocycles. The molecule has 1 N–H and O–H groups in total. The third-order valence-corrected chi connectivity index (χ3v) is 2.79. The van der Waals surface area contributed by atoms with Crippen LogP contribution in [0.1, 0.15) is 17.2 Å². The Kier molecular flexibility index (Phi) is 4.69. The Morgan fingerprint density at radius 2 is 2.28 bits per heavy atom. The molecule has 1 heterocycles. The molecule has 1 aliphatic heterocycles. The number of amides is 1. The first-order valence-corrected chi connectivity index (χ1v) is 5.93. The zero-order chi connectivity index (χ0) is 12.8. The molecule has 0 saturated heterocycles. The maximum atomic E-state index is 11.9. The predicted molar refractivity (Wildman–Crippen MR) is 64.8 cm³/mol. The van der Waals surface area contributed by atoms with Gasteiger partial charge in [0.05, 0.1) is 19.8 Å². The Morgan fingerprint density at radius 3 is 3.11 bits per heavy atom. The van der Waals surface area contributed by atoms with E-state index in [1.807, 2.05) is 24.3 Å². The van der Waals surface area contributed by atoms with E-state index in [1.165, 1.54) is 0 Å². The first-order valence-electron chi connectivity index (χ1n) is 5.93. The van der Waals surface area contributed by atoms with Crippen LogP contribution in [0.25, 0.3) is 0 Å². The van der Waals surface area contributed by atoms with Crippen molar-refractivity contribution in [1.82, 2.24) is 5.48 Å². The topological polar surface area (TPSA) is 56.8 Å².